The van der Waals surface area contributed by atoms with Crippen LogP contribution in [-0.2, 0) is 0 Å². The first-order valence-electron chi connectivity index (χ1n) is 7.09. The molecule has 9 heteroatoms. The lowest BCUT2D eigenvalue weighted by molar-refractivity contribution is -0.385. The van der Waals surface area contributed by atoms with Crippen LogP contribution in [0.4, 0.5) is 10.8 Å². The first-order chi connectivity index (χ1) is 12.1. The molecule has 0 fully saturated rings. The van der Waals surface area contributed by atoms with Gasteiger partial charge in [-0.25, -0.2) is 4.98 Å². The van der Waals surface area contributed by atoms with Crippen molar-refractivity contribution in [3.8, 4) is 11.4 Å². The Labute approximate surface area is 151 Å². The van der Waals surface area contributed by atoms with Gasteiger partial charge >= 0.3 is 0 Å². The second-order valence-electron chi connectivity index (χ2n) is 4.85. The highest BCUT2D eigenvalue weighted by molar-refractivity contribution is 7.98. The molecule has 1 aromatic carbocycles. The van der Waals surface area contributed by atoms with Crippen molar-refractivity contribution in [1.82, 2.24) is 9.97 Å². The summed E-state index contributed by atoms with van der Waals surface area (Å²) < 4.78 is 0. The monoisotopic (exact) mass is 372 g/mol. The average molecular weight is 372 g/mol. The first-order valence-corrected chi connectivity index (χ1v) is 9.19. The molecule has 0 spiro atoms. The molecule has 0 bridgehead atoms. The number of nitrogens with one attached hydrogen (secondary N) is 1. The van der Waals surface area contributed by atoms with Gasteiger partial charge in [-0.05, 0) is 30.5 Å². The van der Waals surface area contributed by atoms with Gasteiger partial charge in [0.05, 0.1) is 10.6 Å². The average Bonchev–Trinajstić information content (AvgIpc) is 3.10. The molecule has 0 aliphatic heterocycles. The Morgan fingerprint density at radius 3 is 2.80 bits per heavy atom. The van der Waals surface area contributed by atoms with E-state index >= 15 is 0 Å². The molecule has 7 nitrogen and oxygen atoms in total. The Morgan fingerprint density at radius 2 is 2.12 bits per heavy atom. The maximum Gasteiger partial charge on any atom is 0.282 e. The van der Waals surface area contributed by atoms with E-state index in [-0.39, 0.29) is 11.3 Å². The molecular weight excluding hydrogens is 360 g/mol. The van der Waals surface area contributed by atoms with E-state index < -0.39 is 10.8 Å². The molecule has 0 unspecified atom stereocenters. The van der Waals surface area contributed by atoms with E-state index in [0.717, 1.165) is 4.90 Å². The van der Waals surface area contributed by atoms with E-state index in [1.54, 1.807) is 23.7 Å². The van der Waals surface area contributed by atoms with Gasteiger partial charge in [-0.1, -0.05) is 6.07 Å². The predicted octanol–water partition coefficient (Wildman–Crippen LogP) is 4.09. The maximum absolute atomic E-state index is 12.5. The number of nitro groups is 1. The highest BCUT2D eigenvalue weighted by Crippen LogP contribution is 2.27. The van der Waals surface area contributed by atoms with E-state index in [1.807, 2.05) is 18.4 Å². The van der Waals surface area contributed by atoms with Gasteiger partial charge in [-0.2, -0.15) is 0 Å². The standard InChI is InChI=1S/C16H12N4O3S2/c1-24-10-5-6-14(20(22)23)11(8-10)15(21)19-16-18-13(9-25-16)12-4-2-3-7-17-12/h2-9H,1H3,(H,18,19,21). The second kappa shape index (κ2) is 7.41. The van der Waals surface area contributed by atoms with E-state index in [1.165, 1.54) is 35.2 Å². The van der Waals surface area contributed by atoms with Gasteiger partial charge in [0, 0.05) is 22.5 Å². The summed E-state index contributed by atoms with van der Waals surface area (Å²) in [5, 5.41) is 15.9. The van der Waals surface area contributed by atoms with Crippen LogP contribution in [0.2, 0.25) is 0 Å². The number of anilines is 1. The maximum atomic E-state index is 12.5. The summed E-state index contributed by atoms with van der Waals surface area (Å²) in [5.74, 6) is -0.565. The van der Waals surface area contributed by atoms with E-state index in [4.69, 9.17) is 0 Å². The molecule has 3 aromatic rings. The van der Waals surface area contributed by atoms with Gasteiger partial charge in [-0.3, -0.25) is 25.2 Å². The number of thiazole rings is 1. The van der Waals surface area contributed by atoms with Crippen LogP contribution in [0.3, 0.4) is 0 Å². The lowest BCUT2D eigenvalue weighted by atomic mass is 10.1. The van der Waals surface area contributed by atoms with Crippen molar-refractivity contribution in [1.29, 1.82) is 0 Å². The number of aromatic nitrogens is 2. The number of benzene rings is 1. The van der Waals surface area contributed by atoms with Crippen molar-refractivity contribution >= 4 is 39.8 Å². The number of rotatable bonds is 5. The summed E-state index contributed by atoms with van der Waals surface area (Å²) in [6, 6.07) is 9.91. The summed E-state index contributed by atoms with van der Waals surface area (Å²) in [6.45, 7) is 0. The van der Waals surface area contributed by atoms with Crippen molar-refractivity contribution in [2.45, 2.75) is 4.90 Å². The predicted molar refractivity (Wildman–Crippen MR) is 98.2 cm³/mol. The van der Waals surface area contributed by atoms with Crippen LogP contribution in [0.15, 0.2) is 52.9 Å². The fraction of sp³-hybridized carbons (Fsp3) is 0.0625. The van der Waals surface area contributed by atoms with Crippen LogP contribution in [0.5, 0.6) is 0 Å². The van der Waals surface area contributed by atoms with Crippen molar-refractivity contribution in [2.75, 3.05) is 11.6 Å². The zero-order chi connectivity index (χ0) is 17.8. The van der Waals surface area contributed by atoms with Crippen LogP contribution in [-0.4, -0.2) is 27.1 Å². The lowest BCUT2D eigenvalue weighted by Gasteiger charge is -2.05. The molecule has 0 aliphatic carbocycles. The molecule has 126 valence electrons. The Balaban J connectivity index is 1.86. The van der Waals surface area contributed by atoms with Gasteiger partial charge in [0.15, 0.2) is 5.13 Å². The number of amides is 1. The number of carbonyl (C=O) groups excluding carboxylic acids is 1. The van der Waals surface area contributed by atoms with Crippen LogP contribution in [0.25, 0.3) is 11.4 Å². The van der Waals surface area contributed by atoms with Crippen molar-refractivity contribution in [3.63, 3.8) is 0 Å². The third kappa shape index (κ3) is 3.83. The molecule has 0 atom stereocenters. The number of pyridine rings is 1. The molecule has 25 heavy (non-hydrogen) atoms. The van der Waals surface area contributed by atoms with Crippen LogP contribution < -0.4 is 5.32 Å². The van der Waals surface area contributed by atoms with Gasteiger partial charge in [0.2, 0.25) is 0 Å². The Hall–Kier alpha value is -2.78. The smallest absolute Gasteiger partial charge is 0.282 e. The third-order valence-electron chi connectivity index (χ3n) is 3.30. The number of hydrogen-bond acceptors (Lipinski definition) is 7. The van der Waals surface area contributed by atoms with Gasteiger partial charge in [0.1, 0.15) is 11.3 Å². The summed E-state index contributed by atoms with van der Waals surface area (Å²) in [5.41, 5.74) is 1.09. The summed E-state index contributed by atoms with van der Waals surface area (Å²) in [7, 11) is 0. The van der Waals surface area contributed by atoms with E-state index in [2.05, 4.69) is 15.3 Å². The second-order valence-corrected chi connectivity index (χ2v) is 6.58. The molecule has 0 aliphatic rings. The van der Waals surface area contributed by atoms with Gasteiger partial charge in [0.25, 0.3) is 11.6 Å². The number of thioether (sulfide) groups is 1. The number of hydrogen-bond donors (Lipinski definition) is 1. The zero-order valence-corrected chi connectivity index (χ0v) is 14.6. The minimum atomic E-state index is -0.569. The first kappa shape index (κ1) is 17.1. The molecule has 3 rings (SSSR count). The largest absolute Gasteiger partial charge is 0.298 e. The SMILES string of the molecule is CSc1ccc([N+](=O)[O-])c(C(=O)Nc2nc(-c3ccccn3)cs2)c1. The van der Waals surface area contributed by atoms with E-state index in [9.17, 15) is 14.9 Å². The zero-order valence-electron chi connectivity index (χ0n) is 13.0. The molecule has 0 saturated heterocycles. The van der Waals surface area contributed by atoms with Crippen molar-refractivity contribution < 1.29 is 9.72 Å². The third-order valence-corrected chi connectivity index (χ3v) is 4.78. The molecule has 0 saturated carbocycles. The number of nitro benzene ring substituents is 1. The molecule has 2 heterocycles. The van der Waals surface area contributed by atoms with Crippen molar-refractivity contribution in [2.24, 2.45) is 0 Å². The van der Waals surface area contributed by atoms with Crippen molar-refractivity contribution in [3.05, 3.63) is 63.7 Å². The summed E-state index contributed by atoms with van der Waals surface area (Å²) in [6.07, 6.45) is 3.49. The van der Waals surface area contributed by atoms with Gasteiger partial charge < -0.3 is 0 Å². The summed E-state index contributed by atoms with van der Waals surface area (Å²) >= 11 is 2.64. The fourth-order valence-corrected chi connectivity index (χ4v) is 3.25. The minimum Gasteiger partial charge on any atom is -0.298 e. The van der Waals surface area contributed by atoms with Crippen LogP contribution in [0.1, 0.15) is 10.4 Å². The Kier molecular flexibility index (Phi) is 5.05. The molecule has 2 aromatic heterocycles. The number of nitrogens with zero attached hydrogens (tertiary/aromatic N) is 3. The molecule has 0 radical (unpaired) electrons. The van der Waals surface area contributed by atoms with E-state index in [0.29, 0.717) is 16.5 Å². The fourth-order valence-electron chi connectivity index (χ4n) is 2.11. The minimum absolute atomic E-state index is 0.00596. The molecular formula is C16H12N4O3S2. The van der Waals surface area contributed by atoms with Crippen LogP contribution in [0, 0.1) is 10.1 Å². The lowest BCUT2D eigenvalue weighted by Crippen LogP contribution is -2.14. The molecule has 1 N–H and O–H groups in total. The normalized spacial score (nSPS) is 10.4. The molecule has 1 amide bonds. The Bertz CT molecular complexity index is 928. The highest BCUT2D eigenvalue weighted by atomic mass is 32.2. The Morgan fingerprint density at radius 1 is 1.28 bits per heavy atom. The highest BCUT2D eigenvalue weighted by Gasteiger charge is 2.21. The van der Waals surface area contributed by atoms with Crippen LogP contribution >= 0.6 is 23.1 Å². The topological polar surface area (TPSA) is 98.0 Å². The summed E-state index contributed by atoms with van der Waals surface area (Å²) in [4.78, 5) is 32.4. The number of carbonyl (C=O) groups is 1. The van der Waals surface area contributed by atoms with Gasteiger partial charge in [-0.15, -0.1) is 23.1 Å². The quantitative estimate of drug-likeness (QED) is 0.411.